The molecule has 120 heavy (non-hydrogen) atoms. The molecule has 0 spiro atoms. The smallest absolute Gasteiger partial charge is 0.326 e. The summed E-state index contributed by atoms with van der Waals surface area (Å²) in [6, 6.07) is -6.40. The number of aliphatic imine (C=N–C) groups is 2. The van der Waals surface area contributed by atoms with E-state index in [-0.39, 0.29) is 171 Å². The maximum absolute atomic E-state index is 15.2. The summed E-state index contributed by atoms with van der Waals surface area (Å²) in [5.41, 5.74) is 35.1. The van der Waals surface area contributed by atoms with Crippen LogP contribution in [0.1, 0.15) is 175 Å². The monoisotopic (exact) mass is 1690 g/mol. The predicted octanol–water partition coefficient (Wildman–Crippen LogP) is -3.51. The highest BCUT2D eigenvalue weighted by Crippen LogP contribution is 2.25. The number of nitrogens with two attached hydrogens (primary N) is 6. The summed E-state index contributed by atoms with van der Waals surface area (Å²) in [6.07, 6.45) is -1.27. The molecule has 26 N–H and O–H groups in total. The third-order valence-electron chi connectivity index (χ3n) is 20.7. The number of hydrogen-bond acceptors (Lipinski definition) is 21. The van der Waals surface area contributed by atoms with Crippen LogP contribution < -0.4 is 97.6 Å². The molecule has 41 nitrogen and oxygen atoms in total. The number of benzene rings is 2. The van der Waals surface area contributed by atoms with E-state index in [0.717, 1.165) is 0 Å². The topological polar surface area (TPSA) is 663 Å². The Kier molecular flexibility index (Phi) is 40.6. The van der Waals surface area contributed by atoms with Crippen molar-refractivity contribution >= 4 is 107 Å². The van der Waals surface area contributed by atoms with Crippen molar-refractivity contribution in [2.24, 2.45) is 62.1 Å². The average Bonchev–Trinajstić information content (AvgIpc) is 1.63. The summed E-state index contributed by atoms with van der Waals surface area (Å²) in [7, 11) is 1.47. The number of primary amides is 1. The highest BCUT2D eigenvalue weighted by Gasteiger charge is 2.44. The van der Waals surface area contributed by atoms with E-state index in [1.165, 1.54) is 41.2 Å². The fourth-order valence-corrected chi connectivity index (χ4v) is 14.1. The Morgan fingerprint density at radius 2 is 0.933 bits per heavy atom. The number of guanidine groups is 2. The molecule has 664 valence electrons. The summed E-state index contributed by atoms with van der Waals surface area (Å²) in [6.45, 7) is 10.6. The van der Waals surface area contributed by atoms with Crippen LogP contribution in [0.4, 0.5) is 0 Å². The third kappa shape index (κ3) is 32.8. The molecule has 5 rings (SSSR count). The van der Waals surface area contributed by atoms with Crippen LogP contribution in [-0.4, -0.2) is 250 Å². The second kappa shape index (κ2) is 49.4. The Balaban J connectivity index is 1.42. The van der Waals surface area contributed by atoms with Crippen molar-refractivity contribution in [3.05, 3.63) is 59.7 Å². The SMILES string of the molecule is CC[C@H](C)[C@H](NC(=O)[C@H](Cc1ccc(OC)cc1)NC(=O)[C@@H]1CCCN1C(=O)[C@H](CCCN=C(N)N)NC(=O)[C@H](CCCN=C(N)N)NC(=O)[C@@H]1CCCN1C(=O)[C@H](CCCCN)NC(=O)[C@H](CC(N)=O)NC(=O)[C@H](CCC(=O)O)NC(=O)[C@H](Cc1ccc(O)cc1)NC(=O)[C@H](CC(C)C)NC(=O)[C@@H]1CCC(=O)N1)C(=O)N[C@@H](CC(C)C)C(=O)O. The molecule has 3 aliphatic rings. The van der Waals surface area contributed by atoms with E-state index in [0.29, 0.717) is 29.7 Å². The van der Waals surface area contributed by atoms with E-state index >= 15 is 9.59 Å². The lowest BCUT2D eigenvalue weighted by Gasteiger charge is -2.32. The molecule has 0 unspecified atom stereocenters. The molecule has 2 aromatic carbocycles. The van der Waals surface area contributed by atoms with E-state index in [2.05, 4.69) is 68.5 Å². The zero-order valence-corrected chi connectivity index (χ0v) is 69.3. The van der Waals surface area contributed by atoms with E-state index in [1.807, 2.05) is 0 Å². The Labute approximate surface area is 696 Å². The number of unbranched alkanes of at least 4 members (excludes halogenated alkanes) is 1. The molecule has 3 saturated heterocycles. The zero-order valence-electron chi connectivity index (χ0n) is 69.3. The number of phenols is 1. The fourth-order valence-electron chi connectivity index (χ4n) is 14.1. The second-order valence-corrected chi connectivity index (χ2v) is 31.3. The van der Waals surface area contributed by atoms with Crippen LogP contribution >= 0.6 is 0 Å². The van der Waals surface area contributed by atoms with Gasteiger partial charge in [0.25, 0.3) is 0 Å². The van der Waals surface area contributed by atoms with Crippen molar-refractivity contribution in [3.63, 3.8) is 0 Å². The lowest BCUT2D eigenvalue weighted by molar-refractivity contribution is -0.144. The third-order valence-corrected chi connectivity index (χ3v) is 20.7. The number of amides is 14. The number of aliphatic carboxylic acids is 2. The van der Waals surface area contributed by atoms with Gasteiger partial charge in [0.05, 0.1) is 13.5 Å². The van der Waals surface area contributed by atoms with Gasteiger partial charge in [-0.2, -0.15) is 0 Å². The van der Waals surface area contributed by atoms with Gasteiger partial charge in [-0.05, 0) is 156 Å². The number of nitrogens with one attached hydrogen (secondary N) is 11. The van der Waals surface area contributed by atoms with Crippen molar-refractivity contribution in [1.82, 2.24) is 68.3 Å². The summed E-state index contributed by atoms with van der Waals surface area (Å²) in [4.78, 5) is 234. The van der Waals surface area contributed by atoms with Crippen LogP contribution in [0, 0.1) is 17.8 Å². The van der Waals surface area contributed by atoms with Gasteiger partial charge in [0, 0.05) is 51.9 Å². The minimum absolute atomic E-state index is 0.00935. The van der Waals surface area contributed by atoms with Crippen LogP contribution in [0.2, 0.25) is 0 Å². The predicted molar refractivity (Wildman–Crippen MR) is 438 cm³/mol. The molecule has 3 heterocycles. The number of carboxylic acid groups (broad SMARTS) is 2. The first kappa shape index (κ1) is 98.6. The normalized spacial score (nSPS) is 17.7. The number of ether oxygens (including phenoxy) is 1. The molecular formula is C79H123N21O20. The number of carboxylic acids is 2. The molecule has 41 heteroatoms. The van der Waals surface area contributed by atoms with E-state index in [1.54, 1.807) is 65.8 Å². The lowest BCUT2D eigenvalue weighted by Crippen LogP contribution is -2.61. The number of phenolic OH excluding ortho intramolecular Hbond substituents is 1. The fraction of sp³-hybridized carbons (Fsp3) is 0.620. The van der Waals surface area contributed by atoms with Gasteiger partial charge in [-0.3, -0.25) is 81.9 Å². The number of methoxy groups -OCH3 is 1. The van der Waals surface area contributed by atoms with Crippen molar-refractivity contribution in [2.75, 3.05) is 39.8 Å². The first-order chi connectivity index (χ1) is 56.8. The van der Waals surface area contributed by atoms with Crippen molar-refractivity contribution in [1.29, 1.82) is 0 Å². The minimum atomic E-state index is -1.93. The number of likely N-dealkylation sites (tertiary alicyclic amines) is 2. The maximum Gasteiger partial charge on any atom is 0.326 e. The molecule has 0 bridgehead atoms. The van der Waals surface area contributed by atoms with E-state index in [4.69, 9.17) is 39.1 Å². The number of aromatic hydroxyl groups is 1. The van der Waals surface area contributed by atoms with E-state index < -0.39 is 192 Å². The summed E-state index contributed by atoms with van der Waals surface area (Å²) < 4.78 is 5.34. The average molecular weight is 1690 g/mol. The van der Waals surface area contributed by atoms with Crippen molar-refractivity contribution in [2.45, 2.75) is 255 Å². The van der Waals surface area contributed by atoms with Crippen LogP contribution in [-0.2, 0) is 89.6 Å². The number of nitrogens with zero attached hydrogens (tertiary/aromatic N) is 4. The Hall–Kier alpha value is -11.9. The van der Waals surface area contributed by atoms with Gasteiger partial charge < -0.3 is 123 Å². The van der Waals surface area contributed by atoms with Crippen molar-refractivity contribution in [3.8, 4) is 11.5 Å². The summed E-state index contributed by atoms with van der Waals surface area (Å²) in [5.74, 6) is -16.0. The van der Waals surface area contributed by atoms with Crippen LogP contribution in [0.5, 0.6) is 11.5 Å². The number of hydrogen-bond donors (Lipinski definition) is 20. The molecule has 3 fully saturated rings. The highest BCUT2D eigenvalue weighted by atomic mass is 16.5. The number of carbonyl (C=O) groups is 16. The molecule has 2 aromatic rings. The molecule has 0 radical (unpaired) electrons. The number of rotatable bonds is 51. The van der Waals surface area contributed by atoms with Gasteiger partial charge in [-0.25, -0.2) is 4.79 Å². The summed E-state index contributed by atoms with van der Waals surface area (Å²) in [5, 5.41) is 58.7. The minimum Gasteiger partial charge on any atom is -0.508 e. The Morgan fingerprint density at radius 1 is 0.508 bits per heavy atom. The molecule has 0 saturated carbocycles. The quantitative estimate of drug-likeness (QED) is 0.0174. The maximum atomic E-state index is 15.2. The van der Waals surface area contributed by atoms with Gasteiger partial charge in [0.1, 0.15) is 90.0 Å². The molecule has 0 aromatic heterocycles. The Morgan fingerprint density at radius 3 is 1.41 bits per heavy atom. The molecular weight excluding hydrogens is 1560 g/mol. The molecule has 14 amide bonds. The molecule has 0 aliphatic carbocycles. The number of carbonyl (C=O) groups excluding carboxylic acids is 14. The van der Waals surface area contributed by atoms with Gasteiger partial charge >= 0.3 is 11.9 Å². The molecule has 3 aliphatic heterocycles. The molecule has 14 atom stereocenters. The Bertz CT molecular complexity index is 3930. The van der Waals surface area contributed by atoms with Crippen LogP contribution in [0.25, 0.3) is 0 Å². The largest absolute Gasteiger partial charge is 0.508 e. The standard InChI is InChI=1S/C79H123N21O20/c1-8-44(6)64(74(115)97-58(77(118)119)38-43(4)5)98-71(112)56(40-46-22-26-48(120-7)27-23-46)96-73(114)60-19-14-36-100(60)76(117)53(17-12-34-87-79(84)85)91-65(106)49(16-11-33-86-78(82)83)90-72(113)59-18-13-35-99(59)75(116)52(15-9-10-32-80)92-70(111)57(41-61(81)102)95-67(108)51(29-31-63(104)105)89-69(110)55(39-45-20-24-47(101)25-21-45)94-68(109)54(37-42(2)3)93-66(107)50-28-30-62(103)88-50/h20-27,42-44,49-60,64,101H,8-19,28-41,80H2,1-7H3,(H2,81,102)(H,88,103)(H,89,110)(H,90,113)(H,91,106)(H,92,111)(H,93,107)(H,94,109)(H,95,108)(H,96,114)(H,97,115)(H,98,112)(H,104,105)(H,118,119)(H4,82,83,86)(H4,84,85,87)/t44-,49-,50-,51-,52-,53-,54-,55-,56-,57-,58-,59-,60-,64-/m0/s1. The summed E-state index contributed by atoms with van der Waals surface area (Å²) >= 11 is 0. The van der Waals surface area contributed by atoms with Crippen molar-refractivity contribution < 1.29 is 96.8 Å². The first-order valence-electron chi connectivity index (χ1n) is 40.7. The van der Waals surface area contributed by atoms with Gasteiger partial charge in [0.2, 0.25) is 82.7 Å². The second-order valence-electron chi connectivity index (χ2n) is 31.3. The zero-order chi connectivity index (χ0) is 89.0. The van der Waals surface area contributed by atoms with E-state index in [9.17, 15) is 82.4 Å². The van der Waals surface area contributed by atoms with Crippen LogP contribution in [0.15, 0.2) is 58.5 Å². The van der Waals surface area contributed by atoms with Crippen LogP contribution in [0.3, 0.4) is 0 Å². The first-order valence-corrected chi connectivity index (χ1v) is 40.7. The van der Waals surface area contributed by atoms with Gasteiger partial charge in [-0.1, -0.05) is 72.2 Å². The van der Waals surface area contributed by atoms with Gasteiger partial charge in [0.15, 0.2) is 11.9 Å². The lowest BCUT2D eigenvalue weighted by atomic mass is 9.96. The van der Waals surface area contributed by atoms with Gasteiger partial charge in [-0.15, -0.1) is 0 Å². The highest BCUT2D eigenvalue weighted by molar-refractivity contribution is 6.01.